The van der Waals surface area contributed by atoms with Crippen LogP contribution in [-0.2, 0) is 11.5 Å². The fraction of sp³-hybridized carbons (Fsp3) is 0.355. The molecule has 0 atom stereocenters. The van der Waals surface area contributed by atoms with Crippen molar-refractivity contribution in [3.8, 4) is 17.3 Å². The van der Waals surface area contributed by atoms with Crippen LogP contribution in [-0.4, -0.2) is 73.6 Å². The van der Waals surface area contributed by atoms with E-state index in [1.54, 1.807) is 29.0 Å². The van der Waals surface area contributed by atoms with Crippen molar-refractivity contribution in [1.29, 1.82) is 5.26 Å². The number of fused-ring (bicyclic) bond motifs is 1. The number of thiazole rings is 1. The monoisotopic (exact) mass is 634 g/mol. The van der Waals surface area contributed by atoms with Gasteiger partial charge in [-0.3, -0.25) is 9.36 Å². The van der Waals surface area contributed by atoms with E-state index >= 15 is 0 Å². The predicted molar refractivity (Wildman–Crippen MR) is 174 cm³/mol. The van der Waals surface area contributed by atoms with Crippen molar-refractivity contribution < 1.29 is 19.0 Å². The lowest BCUT2D eigenvalue weighted by Gasteiger charge is -2.34. The third-order valence-corrected chi connectivity index (χ3v) is 10.4. The number of carboxylic acid groups (broad SMARTS) is 1. The maximum absolute atomic E-state index is 13.7. The average molecular weight is 635 g/mol. The van der Waals surface area contributed by atoms with Gasteiger partial charge in [0.1, 0.15) is 29.2 Å². The van der Waals surface area contributed by atoms with Gasteiger partial charge in [-0.15, -0.1) is 0 Å². The number of halogens is 1. The van der Waals surface area contributed by atoms with Gasteiger partial charge in [0, 0.05) is 76.1 Å². The number of pyridine rings is 1. The Morgan fingerprint density at radius 1 is 1.14 bits per heavy atom. The van der Waals surface area contributed by atoms with Gasteiger partial charge in [0.05, 0.1) is 5.69 Å². The summed E-state index contributed by atoms with van der Waals surface area (Å²) in [6.07, 6.45) is 0.830. The zero-order valence-electron chi connectivity index (χ0n) is 25.2. The number of nitrogens with zero attached hydrogens (tertiary/aromatic N) is 6. The van der Waals surface area contributed by atoms with E-state index in [-0.39, 0.29) is 18.1 Å². The number of rotatable bonds is 9. The fourth-order valence-corrected chi connectivity index (χ4v) is 6.67. The Kier molecular flexibility index (Phi) is 9.05. The molecule has 1 aliphatic rings. The number of amides is 1. The second-order valence-corrected chi connectivity index (χ2v) is 18.6. The smallest absolute Gasteiger partial charge is 0.407 e. The Balaban J connectivity index is 1.55. The minimum absolute atomic E-state index is 0.0984. The molecule has 1 N–H and O–H groups in total. The average Bonchev–Trinajstić information content (AvgIpc) is 3.44. The number of piperazine rings is 1. The van der Waals surface area contributed by atoms with Crippen LogP contribution in [0.2, 0.25) is 25.7 Å². The summed E-state index contributed by atoms with van der Waals surface area (Å²) >= 11 is 1.21. The quantitative estimate of drug-likeness (QED) is 0.176. The number of hydrogen-bond acceptors (Lipinski definition) is 8. The highest BCUT2D eigenvalue weighted by Crippen LogP contribution is 2.38. The van der Waals surface area contributed by atoms with Crippen molar-refractivity contribution >= 4 is 52.8 Å². The van der Waals surface area contributed by atoms with Crippen molar-refractivity contribution in [3.63, 3.8) is 0 Å². The number of ether oxygens (including phenoxy) is 1. The van der Waals surface area contributed by atoms with Gasteiger partial charge in [-0.25, -0.2) is 14.2 Å². The molecule has 0 spiro atoms. The molecule has 230 valence electrons. The van der Waals surface area contributed by atoms with Crippen LogP contribution >= 0.6 is 11.3 Å². The number of nitriles is 1. The number of carbonyl (C=O) groups is 1. The molecule has 10 nitrogen and oxygen atoms in total. The van der Waals surface area contributed by atoms with Crippen LogP contribution in [0.4, 0.5) is 25.7 Å². The summed E-state index contributed by atoms with van der Waals surface area (Å²) in [4.78, 5) is 35.6. The lowest BCUT2D eigenvalue weighted by Crippen LogP contribution is -2.48. The predicted octanol–water partition coefficient (Wildman–Crippen LogP) is 6.02. The molecule has 2 aromatic heterocycles. The highest BCUT2D eigenvalue weighted by atomic mass is 32.1. The minimum atomic E-state index is -1.31. The first kappa shape index (κ1) is 31.2. The number of hydrogen-bond donors (Lipinski definition) is 1. The topological polar surface area (TPSA) is 115 Å². The first-order valence-corrected chi connectivity index (χ1v) is 18.9. The maximum atomic E-state index is 13.7. The van der Waals surface area contributed by atoms with Gasteiger partial charge < -0.3 is 24.5 Å². The minimum Gasteiger partial charge on any atom is -0.465 e. The van der Waals surface area contributed by atoms with Crippen LogP contribution in [0.15, 0.2) is 53.5 Å². The van der Waals surface area contributed by atoms with Gasteiger partial charge in [-0.05, 0) is 48.5 Å². The van der Waals surface area contributed by atoms with Crippen molar-refractivity contribution in [2.45, 2.75) is 32.4 Å². The first-order valence-electron chi connectivity index (χ1n) is 14.3. The van der Waals surface area contributed by atoms with Gasteiger partial charge in [0.2, 0.25) is 0 Å². The van der Waals surface area contributed by atoms with E-state index in [2.05, 4.69) is 30.6 Å². The lowest BCUT2D eigenvalue weighted by atomic mass is 10.1. The molecular formula is C31H35FN6O4SSi. The van der Waals surface area contributed by atoms with Gasteiger partial charge in [0.15, 0.2) is 5.13 Å². The van der Waals surface area contributed by atoms with Gasteiger partial charge in [-0.1, -0.05) is 31.0 Å². The van der Waals surface area contributed by atoms with E-state index in [1.165, 1.54) is 28.4 Å². The van der Waals surface area contributed by atoms with Gasteiger partial charge in [0.25, 0.3) is 5.56 Å². The number of benzene rings is 2. The number of anilines is 3. The van der Waals surface area contributed by atoms with Crippen LogP contribution in [0.1, 0.15) is 4.88 Å². The highest BCUT2D eigenvalue weighted by molar-refractivity contribution is 7.16. The maximum Gasteiger partial charge on any atom is 0.407 e. The molecule has 13 heteroatoms. The molecular weight excluding hydrogens is 600 g/mol. The third-order valence-electron chi connectivity index (χ3n) is 7.67. The Bertz CT molecular complexity index is 1770. The fourth-order valence-electron chi connectivity index (χ4n) is 5.05. The molecule has 1 aliphatic heterocycles. The molecule has 0 aliphatic carbocycles. The molecule has 1 fully saturated rings. The van der Waals surface area contributed by atoms with Crippen molar-refractivity contribution in [2.75, 3.05) is 49.6 Å². The molecule has 1 amide bonds. The Hall–Kier alpha value is -4.25. The summed E-state index contributed by atoms with van der Waals surface area (Å²) in [5.41, 5.74) is 2.49. The van der Waals surface area contributed by atoms with Crippen LogP contribution in [0, 0.1) is 17.1 Å². The molecule has 1 saturated heterocycles. The molecule has 0 radical (unpaired) electrons. The molecule has 0 saturated carbocycles. The van der Waals surface area contributed by atoms with E-state index in [9.17, 15) is 24.3 Å². The van der Waals surface area contributed by atoms with E-state index < -0.39 is 14.2 Å². The molecule has 44 heavy (non-hydrogen) atoms. The van der Waals surface area contributed by atoms with E-state index in [0.717, 1.165) is 11.7 Å². The zero-order chi connectivity index (χ0) is 31.6. The molecule has 2 aromatic carbocycles. The summed E-state index contributed by atoms with van der Waals surface area (Å²) in [5.74, 6) is -0.374. The zero-order valence-corrected chi connectivity index (χ0v) is 27.0. The van der Waals surface area contributed by atoms with Gasteiger partial charge >= 0.3 is 6.09 Å². The summed E-state index contributed by atoms with van der Waals surface area (Å²) in [5, 5.41) is 21.0. The lowest BCUT2D eigenvalue weighted by molar-refractivity contribution is 0.0852. The second kappa shape index (κ2) is 12.8. The van der Waals surface area contributed by atoms with Crippen LogP contribution in [0.5, 0.6) is 0 Å². The van der Waals surface area contributed by atoms with Crippen LogP contribution in [0.25, 0.3) is 22.0 Å². The summed E-state index contributed by atoms with van der Waals surface area (Å²) < 4.78 is 21.1. The van der Waals surface area contributed by atoms with E-state index in [0.29, 0.717) is 70.5 Å². The number of aromatic nitrogens is 2. The molecule has 0 unspecified atom stereocenters. The van der Waals surface area contributed by atoms with Gasteiger partial charge in [-0.2, -0.15) is 5.26 Å². The molecule has 5 rings (SSSR count). The Morgan fingerprint density at radius 3 is 2.48 bits per heavy atom. The van der Waals surface area contributed by atoms with Crippen LogP contribution in [0.3, 0.4) is 0 Å². The van der Waals surface area contributed by atoms with Crippen molar-refractivity contribution in [3.05, 3.63) is 69.7 Å². The molecule has 3 heterocycles. The first-order chi connectivity index (χ1) is 20.9. The summed E-state index contributed by atoms with van der Waals surface area (Å²) in [6, 6.07) is 14.7. The van der Waals surface area contributed by atoms with Crippen LogP contribution < -0.4 is 15.4 Å². The normalized spacial score (nSPS) is 13.7. The Labute approximate surface area is 260 Å². The SMILES string of the molecule is CN(c1nc(-c2ccc(F)cc2)c(C#N)s1)c1cn(COCC[Si](C)(C)C)c(=O)c2ccc(N3CCN(C(=O)O)CC3)cc12. The Morgan fingerprint density at radius 2 is 1.84 bits per heavy atom. The van der Waals surface area contributed by atoms with Crippen molar-refractivity contribution in [2.24, 2.45) is 0 Å². The van der Waals surface area contributed by atoms with E-state index in [4.69, 9.17) is 9.72 Å². The van der Waals surface area contributed by atoms with E-state index in [1.807, 2.05) is 24.1 Å². The summed E-state index contributed by atoms with van der Waals surface area (Å²) in [6.45, 7) is 9.32. The molecule has 4 aromatic rings. The second-order valence-electron chi connectivity index (χ2n) is 12.0. The highest BCUT2D eigenvalue weighted by Gasteiger charge is 2.23. The molecule has 0 bridgehead atoms. The third kappa shape index (κ3) is 6.77. The van der Waals surface area contributed by atoms with Crippen molar-refractivity contribution in [1.82, 2.24) is 14.5 Å². The largest absolute Gasteiger partial charge is 0.465 e. The standard InChI is InChI=1S/C31H35FN6O4SSi/c1-35(30-34-28(27(18-33)43-30)21-5-7-22(32)8-6-21)26-19-38(20-42-15-16-44(2,3)4)29(39)24-10-9-23(17-25(24)26)36-11-13-37(14-12-36)31(40)41/h5-10,17,19H,11-16,20H2,1-4H3,(H,40,41). The summed E-state index contributed by atoms with van der Waals surface area (Å²) in [7, 11) is 0.524.